The molecule has 2 N–H and O–H groups in total. The minimum Gasteiger partial charge on any atom is -0.482 e. The number of nitrogens with one attached hydrogen (secondary N) is 2. The molecule has 1 aliphatic carbocycles. The van der Waals surface area contributed by atoms with Gasteiger partial charge in [0.05, 0.1) is 16.8 Å². The first-order valence-corrected chi connectivity index (χ1v) is 9.63. The molecule has 5 rings (SSSR count). The molecule has 1 amide bonds. The summed E-state index contributed by atoms with van der Waals surface area (Å²) < 4.78 is 5.40. The lowest BCUT2D eigenvalue weighted by molar-refractivity contribution is -0.118. The van der Waals surface area contributed by atoms with Crippen LogP contribution in [0.1, 0.15) is 29.3 Å². The highest BCUT2D eigenvalue weighted by Gasteiger charge is 2.21. The Hall–Kier alpha value is -3.00. The van der Waals surface area contributed by atoms with Crippen LogP contribution >= 0.6 is 11.3 Å². The molecule has 0 unspecified atom stereocenters. The molecular formula is C19H17N5O2S. The van der Waals surface area contributed by atoms with E-state index >= 15 is 0 Å². The lowest BCUT2D eigenvalue weighted by Gasteiger charge is -2.18. The fraction of sp³-hybridized carbons (Fsp3) is 0.263. The molecule has 7 nitrogen and oxygen atoms in total. The summed E-state index contributed by atoms with van der Waals surface area (Å²) in [6.07, 6.45) is 4.97. The lowest BCUT2D eigenvalue weighted by atomic mass is 10.1. The summed E-state index contributed by atoms with van der Waals surface area (Å²) >= 11 is 1.75. The van der Waals surface area contributed by atoms with Gasteiger partial charge in [-0.25, -0.2) is 9.97 Å². The molecule has 0 atom stereocenters. The van der Waals surface area contributed by atoms with Gasteiger partial charge in [0.1, 0.15) is 16.9 Å². The number of hydrogen-bond acceptors (Lipinski definition) is 7. The summed E-state index contributed by atoms with van der Waals surface area (Å²) in [5.41, 5.74) is 6.83. The molecule has 0 saturated carbocycles. The summed E-state index contributed by atoms with van der Waals surface area (Å²) in [7, 11) is 0. The van der Waals surface area contributed by atoms with Crippen molar-refractivity contribution in [2.24, 2.45) is 5.10 Å². The molecule has 0 spiro atoms. The van der Waals surface area contributed by atoms with Gasteiger partial charge in [-0.15, -0.1) is 11.3 Å². The van der Waals surface area contributed by atoms with Crippen LogP contribution in [0, 0.1) is 0 Å². The van der Waals surface area contributed by atoms with Gasteiger partial charge in [0, 0.05) is 4.88 Å². The number of aromatic nitrogens is 2. The number of nitrogens with zero attached hydrogens (tertiary/aromatic N) is 3. The lowest BCUT2D eigenvalue weighted by Crippen LogP contribution is -2.25. The molecule has 1 aromatic carbocycles. The molecule has 2 aliphatic rings. The van der Waals surface area contributed by atoms with Crippen LogP contribution in [-0.4, -0.2) is 28.2 Å². The molecule has 136 valence electrons. The van der Waals surface area contributed by atoms with Crippen molar-refractivity contribution in [1.82, 2.24) is 9.97 Å². The molecule has 3 aromatic rings. The van der Waals surface area contributed by atoms with Gasteiger partial charge >= 0.3 is 0 Å². The summed E-state index contributed by atoms with van der Waals surface area (Å²) in [5, 5.41) is 8.43. The quantitative estimate of drug-likeness (QED) is 0.538. The van der Waals surface area contributed by atoms with Crippen molar-refractivity contribution in [1.29, 1.82) is 0 Å². The van der Waals surface area contributed by atoms with E-state index in [1.165, 1.54) is 16.9 Å². The molecule has 3 heterocycles. The Morgan fingerprint density at radius 1 is 1.33 bits per heavy atom. The molecule has 0 bridgehead atoms. The van der Waals surface area contributed by atoms with Gasteiger partial charge in [-0.3, -0.25) is 10.2 Å². The van der Waals surface area contributed by atoms with E-state index in [4.69, 9.17) is 4.74 Å². The zero-order chi connectivity index (χ0) is 18.4. The molecule has 0 fully saturated rings. The van der Waals surface area contributed by atoms with Gasteiger partial charge in [-0.05, 0) is 55.5 Å². The summed E-state index contributed by atoms with van der Waals surface area (Å²) in [5.74, 6) is 1.26. The third-order valence-corrected chi connectivity index (χ3v) is 6.06. The third-order valence-electron chi connectivity index (χ3n) is 4.86. The Kier molecular flexibility index (Phi) is 3.78. The first-order chi connectivity index (χ1) is 13.2. The topological polar surface area (TPSA) is 88.5 Å². The molecule has 27 heavy (non-hydrogen) atoms. The van der Waals surface area contributed by atoms with Crippen LogP contribution in [0.2, 0.25) is 0 Å². The Balaban J connectivity index is 1.45. The number of benzene rings is 1. The highest BCUT2D eigenvalue weighted by atomic mass is 32.1. The van der Waals surface area contributed by atoms with Crippen molar-refractivity contribution in [3.05, 3.63) is 40.5 Å². The molecule has 2 aromatic heterocycles. The van der Waals surface area contributed by atoms with Crippen LogP contribution in [0.4, 0.5) is 11.5 Å². The van der Waals surface area contributed by atoms with Crippen molar-refractivity contribution < 1.29 is 9.53 Å². The minimum absolute atomic E-state index is 0.0512. The number of thiophene rings is 1. The van der Waals surface area contributed by atoms with Crippen LogP contribution in [0.3, 0.4) is 0 Å². The molecular weight excluding hydrogens is 362 g/mol. The van der Waals surface area contributed by atoms with Gasteiger partial charge in [0.2, 0.25) is 0 Å². The molecule has 8 heteroatoms. The Morgan fingerprint density at radius 2 is 2.26 bits per heavy atom. The van der Waals surface area contributed by atoms with Crippen molar-refractivity contribution in [2.75, 3.05) is 17.3 Å². The van der Waals surface area contributed by atoms with E-state index in [2.05, 4.69) is 25.8 Å². The second-order valence-corrected chi connectivity index (χ2v) is 7.70. The van der Waals surface area contributed by atoms with Gasteiger partial charge in [-0.2, -0.15) is 5.10 Å². The smallest absolute Gasteiger partial charge is 0.262 e. The van der Waals surface area contributed by atoms with Crippen LogP contribution in [-0.2, 0) is 17.6 Å². The molecule has 1 aliphatic heterocycles. The second kappa shape index (κ2) is 6.31. The van der Waals surface area contributed by atoms with E-state index in [0.717, 1.165) is 40.2 Å². The van der Waals surface area contributed by atoms with E-state index in [0.29, 0.717) is 11.4 Å². The highest BCUT2D eigenvalue weighted by Crippen LogP contribution is 2.39. The molecule has 0 radical (unpaired) electrons. The van der Waals surface area contributed by atoms with Crippen molar-refractivity contribution in [3.8, 4) is 5.75 Å². The number of ether oxygens (including phenoxy) is 1. The highest BCUT2D eigenvalue weighted by molar-refractivity contribution is 7.19. The Bertz CT molecular complexity index is 1100. The summed E-state index contributed by atoms with van der Waals surface area (Å²) in [6, 6.07) is 5.64. The summed E-state index contributed by atoms with van der Waals surface area (Å²) in [6.45, 7) is 1.96. The molecule has 0 saturated heterocycles. The number of aryl methyl sites for hydroxylation is 2. The number of amides is 1. The number of carbonyl (C=O) groups excluding carboxylic acids is 1. The standard InChI is InChI=1S/C19H17N5O2S/c1-10(11-5-6-14-13(7-11)22-16(25)8-26-14)23-24-18-17-12-3-2-4-15(12)27-19(17)21-9-20-18/h5-7,9H,2-4,8H2,1H3,(H,22,25)(H,20,21,24)/b23-10-. The monoisotopic (exact) mass is 379 g/mol. The van der Waals surface area contributed by atoms with E-state index in [9.17, 15) is 4.79 Å². The number of carbonyl (C=O) groups is 1. The predicted octanol–water partition coefficient (Wildman–Crippen LogP) is 3.35. The van der Waals surface area contributed by atoms with E-state index in [-0.39, 0.29) is 12.5 Å². The number of hydrogen-bond donors (Lipinski definition) is 2. The van der Waals surface area contributed by atoms with Gasteiger partial charge in [-0.1, -0.05) is 0 Å². The van der Waals surface area contributed by atoms with Crippen LogP contribution in [0.5, 0.6) is 5.75 Å². The minimum atomic E-state index is -0.151. The average Bonchev–Trinajstić information content (AvgIpc) is 3.26. The summed E-state index contributed by atoms with van der Waals surface area (Å²) in [4.78, 5) is 22.8. The van der Waals surface area contributed by atoms with Crippen LogP contribution in [0.25, 0.3) is 10.2 Å². The van der Waals surface area contributed by atoms with Crippen LogP contribution < -0.4 is 15.5 Å². The first-order valence-electron chi connectivity index (χ1n) is 8.81. The normalized spacial score (nSPS) is 15.9. The Morgan fingerprint density at radius 3 is 3.19 bits per heavy atom. The maximum absolute atomic E-state index is 11.5. The Labute approximate surface area is 159 Å². The zero-order valence-corrected chi connectivity index (χ0v) is 15.5. The number of anilines is 2. The van der Waals surface area contributed by atoms with Crippen molar-refractivity contribution in [3.63, 3.8) is 0 Å². The maximum atomic E-state index is 11.5. The predicted molar refractivity (Wildman–Crippen MR) is 106 cm³/mol. The fourth-order valence-electron chi connectivity index (χ4n) is 3.52. The van der Waals surface area contributed by atoms with Crippen molar-refractivity contribution in [2.45, 2.75) is 26.2 Å². The van der Waals surface area contributed by atoms with Gasteiger partial charge < -0.3 is 10.1 Å². The maximum Gasteiger partial charge on any atom is 0.262 e. The van der Waals surface area contributed by atoms with E-state index in [1.54, 1.807) is 17.7 Å². The first kappa shape index (κ1) is 16.2. The largest absolute Gasteiger partial charge is 0.482 e. The van der Waals surface area contributed by atoms with E-state index in [1.807, 2.05) is 25.1 Å². The number of fused-ring (bicyclic) bond motifs is 4. The fourth-order valence-corrected chi connectivity index (χ4v) is 4.75. The number of hydrazone groups is 1. The zero-order valence-electron chi connectivity index (χ0n) is 14.7. The van der Waals surface area contributed by atoms with Gasteiger partial charge in [0.15, 0.2) is 12.4 Å². The van der Waals surface area contributed by atoms with E-state index < -0.39 is 0 Å². The SMILES string of the molecule is C/C(=N/Nc1ncnc2sc3c(c12)CCC3)c1ccc2c(c1)NC(=O)CO2. The third kappa shape index (κ3) is 2.82. The van der Waals surface area contributed by atoms with Crippen LogP contribution in [0.15, 0.2) is 29.6 Å². The van der Waals surface area contributed by atoms with Gasteiger partial charge in [0.25, 0.3) is 5.91 Å². The average molecular weight is 379 g/mol. The van der Waals surface area contributed by atoms with Crippen molar-refractivity contribution >= 4 is 44.7 Å². The second-order valence-electron chi connectivity index (χ2n) is 6.62. The number of rotatable bonds is 3.